The second-order valence-corrected chi connectivity index (χ2v) is 8.03. The van der Waals surface area contributed by atoms with Gasteiger partial charge < -0.3 is 4.43 Å². The van der Waals surface area contributed by atoms with Gasteiger partial charge in [0.25, 0.3) is 8.32 Å². The first-order chi connectivity index (χ1) is 5.06. The Morgan fingerprint density at radius 2 is 1.91 bits per heavy atom. The molecule has 0 fully saturated rings. The summed E-state index contributed by atoms with van der Waals surface area (Å²) >= 11 is 0. The fraction of sp³-hybridized carbons (Fsp3) is 0.778. The summed E-state index contributed by atoms with van der Waals surface area (Å²) in [7, 11) is -1.39. The summed E-state index contributed by atoms with van der Waals surface area (Å²) in [5, 5.41) is 0. The highest BCUT2D eigenvalue weighted by Crippen LogP contribution is 2.00. The molecule has 0 unspecified atom stereocenters. The van der Waals surface area contributed by atoms with Gasteiger partial charge in [-0.2, -0.15) is 0 Å². The summed E-state index contributed by atoms with van der Waals surface area (Å²) in [6.45, 7) is 8.59. The van der Waals surface area contributed by atoms with Crippen molar-refractivity contribution < 1.29 is 4.43 Å². The first kappa shape index (κ1) is 10.6. The molecular weight excluding hydrogens is 152 g/mol. The lowest BCUT2D eigenvalue weighted by atomic mass is 10.3. The van der Waals surface area contributed by atoms with E-state index in [9.17, 15) is 0 Å². The molecule has 0 aliphatic heterocycles. The van der Waals surface area contributed by atoms with Crippen LogP contribution in [0.25, 0.3) is 0 Å². The predicted molar refractivity (Wildman–Crippen MR) is 51.7 cm³/mol. The molecule has 0 aliphatic rings. The van der Waals surface area contributed by atoms with Crippen LogP contribution in [-0.4, -0.2) is 8.32 Å². The van der Waals surface area contributed by atoms with E-state index in [1.54, 1.807) is 0 Å². The van der Waals surface area contributed by atoms with Crippen LogP contribution in [0, 0.1) is 12.0 Å². The largest absolute Gasteiger partial charge is 0.501 e. The number of hydrogen-bond acceptors (Lipinski definition) is 1. The molecule has 0 spiro atoms. The molecule has 0 heterocycles. The van der Waals surface area contributed by atoms with Gasteiger partial charge in [0.1, 0.15) is 0 Å². The number of rotatable bonds is 3. The fourth-order valence-corrected chi connectivity index (χ4v) is 0.884. The van der Waals surface area contributed by atoms with E-state index in [-0.39, 0.29) is 0 Å². The van der Waals surface area contributed by atoms with Crippen molar-refractivity contribution in [3.05, 3.63) is 0 Å². The topological polar surface area (TPSA) is 9.23 Å². The quantitative estimate of drug-likeness (QED) is 0.359. The molecule has 0 atom stereocenters. The molecule has 0 amide bonds. The first-order valence-corrected chi connectivity index (χ1v) is 7.63. The molecule has 64 valence electrons. The van der Waals surface area contributed by atoms with E-state index in [1.807, 2.05) is 0 Å². The van der Waals surface area contributed by atoms with E-state index in [0.29, 0.717) is 0 Å². The number of hydrogen-bond donors (Lipinski definition) is 0. The zero-order valence-corrected chi connectivity index (χ0v) is 9.03. The Morgan fingerprint density at radius 1 is 1.27 bits per heavy atom. The van der Waals surface area contributed by atoms with Gasteiger partial charge in [0, 0.05) is 6.42 Å². The lowest BCUT2D eigenvalue weighted by Crippen LogP contribution is -2.22. The van der Waals surface area contributed by atoms with E-state index >= 15 is 0 Å². The highest BCUT2D eigenvalue weighted by Gasteiger charge is 2.13. The molecule has 0 rings (SSSR count). The maximum absolute atomic E-state index is 5.35. The molecule has 1 nitrogen and oxygen atoms in total. The summed E-state index contributed by atoms with van der Waals surface area (Å²) in [4.78, 5) is 0. The van der Waals surface area contributed by atoms with Gasteiger partial charge in [0.2, 0.25) is 0 Å². The van der Waals surface area contributed by atoms with Gasteiger partial charge in [-0.25, -0.2) is 0 Å². The van der Waals surface area contributed by atoms with Gasteiger partial charge in [0.15, 0.2) is 0 Å². The van der Waals surface area contributed by atoms with Crippen molar-refractivity contribution >= 4 is 8.32 Å². The summed E-state index contributed by atoms with van der Waals surface area (Å²) in [6.07, 6.45) is 6.14. The third-order valence-electron chi connectivity index (χ3n) is 1.08. The first-order valence-electron chi connectivity index (χ1n) is 4.22. The zero-order chi connectivity index (χ0) is 8.74. The molecule has 0 bridgehead atoms. The molecule has 11 heavy (non-hydrogen) atoms. The van der Waals surface area contributed by atoms with Crippen LogP contribution < -0.4 is 0 Å². The molecule has 0 aromatic carbocycles. The third-order valence-corrected chi connectivity index (χ3v) is 1.80. The summed E-state index contributed by atoms with van der Waals surface area (Å²) < 4.78 is 5.35. The minimum atomic E-state index is -1.39. The Morgan fingerprint density at radius 3 is 2.36 bits per heavy atom. The molecule has 0 saturated carbocycles. The van der Waals surface area contributed by atoms with Crippen LogP contribution in [0.15, 0.2) is 0 Å². The average molecular weight is 170 g/mol. The number of unbranched alkanes of at least 4 members (excludes halogenated alkanes) is 2. The van der Waals surface area contributed by atoms with Crippen molar-refractivity contribution in [2.45, 2.75) is 45.8 Å². The van der Waals surface area contributed by atoms with Crippen LogP contribution in [-0.2, 0) is 4.43 Å². The van der Waals surface area contributed by atoms with Crippen LogP contribution in [0.1, 0.15) is 26.2 Å². The maximum atomic E-state index is 5.35. The Labute approximate surface area is 71.3 Å². The summed E-state index contributed by atoms with van der Waals surface area (Å²) in [6, 6.07) is 0. The van der Waals surface area contributed by atoms with E-state index in [2.05, 4.69) is 38.6 Å². The van der Waals surface area contributed by atoms with Crippen LogP contribution >= 0.6 is 0 Å². The molecule has 2 heteroatoms. The fourth-order valence-electron chi connectivity index (χ4n) is 0.505. The van der Waals surface area contributed by atoms with Crippen LogP contribution in [0.2, 0.25) is 19.6 Å². The van der Waals surface area contributed by atoms with Crippen molar-refractivity contribution in [3.8, 4) is 12.0 Å². The molecule has 0 aromatic rings. The van der Waals surface area contributed by atoms with Crippen molar-refractivity contribution in [1.82, 2.24) is 0 Å². The summed E-state index contributed by atoms with van der Waals surface area (Å²) in [5.74, 6) is 3.01. The van der Waals surface area contributed by atoms with Gasteiger partial charge in [-0.05, 0) is 26.1 Å². The van der Waals surface area contributed by atoms with Gasteiger partial charge in [-0.15, -0.1) is 0 Å². The van der Waals surface area contributed by atoms with Crippen LogP contribution in [0.3, 0.4) is 0 Å². The average Bonchev–Trinajstić information content (AvgIpc) is 1.85. The SMILES string of the molecule is CCCCC#CO[Si](C)(C)C. The maximum Gasteiger partial charge on any atom is 0.255 e. The molecular formula is C9H18OSi. The Hall–Kier alpha value is -0.423. The lowest BCUT2D eigenvalue weighted by Gasteiger charge is -2.11. The van der Waals surface area contributed by atoms with Gasteiger partial charge in [-0.1, -0.05) is 19.3 Å². The van der Waals surface area contributed by atoms with Crippen LogP contribution in [0.5, 0.6) is 0 Å². The molecule has 0 N–H and O–H groups in total. The van der Waals surface area contributed by atoms with E-state index in [1.165, 1.54) is 12.8 Å². The molecule has 0 saturated heterocycles. The van der Waals surface area contributed by atoms with Crippen LogP contribution in [0.4, 0.5) is 0 Å². The third kappa shape index (κ3) is 9.58. The van der Waals surface area contributed by atoms with Crippen molar-refractivity contribution in [2.75, 3.05) is 0 Å². The molecule has 0 aliphatic carbocycles. The normalized spacial score (nSPS) is 10.2. The van der Waals surface area contributed by atoms with Gasteiger partial charge >= 0.3 is 0 Å². The Bertz CT molecular complexity index is 147. The standard InChI is InChI=1S/C9H18OSi/c1-5-6-7-8-9-10-11(2,3)4/h5-7H2,1-4H3. The highest BCUT2D eigenvalue weighted by atomic mass is 28.4. The Kier molecular flexibility index (Phi) is 5.05. The molecule has 0 radical (unpaired) electrons. The lowest BCUT2D eigenvalue weighted by molar-refractivity contribution is 0.518. The van der Waals surface area contributed by atoms with Crippen molar-refractivity contribution in [2.24, 2.45) is 0 Å². The van der Waals surface area contributed by atoms with E-state index < -0.39 is 8.32 Å². The monoisotopic (exact) mass is 170 g/mol. The van der Waals surface area contributed by atoms with Crippen molar-refractivity contribution in [3.63, 3.8) is 0 Å². The molecule has 0 aromatic heterocycles. The van der Waals surface area contributed by atoms with Gasteiger partial charge in [-0.3, -0.25) is 0 Å². The second kappa shape index (κ2) is 5.26. The highest BCUT2D eigenvalue weighted by molar-refractivity contribution is 6.70. The van der Waals surface area contributed by atoms with Crippen molar-refractivity contribution in [1.29, 1.82) is 0 Å². The predicted octanol–water partition coefficient (Wildman–Crippen LogP) is 2.99. The Balaban J connectivity index is 3.41. The smallest absolute Gasteiger partial charge is 0.255 e. The minimum absolute atomic E-state index is 0.973. The zero-order valence-electron chi connectivity index (χ0n) is 8.03. The van der Waals surface area contributed by atoms with E-state index in [0.717, 1.165) is 6.42 Å². The second-order valence-electron chi connectivity index (χ2n) is 3.60. The summed E-state index contributed by atoms with van der Waals surface area (Å²) in [5.41, 5.74) is 0. The van der Waals surface area contributed by atoms with Gasteiger partial charge in [0.05, 0.1) is 6.11 Å². The minimum Gasteiger partial charge on any atom is -0.501 e. The van der Waals surface area contributed by atoms with E-state index in [4.69, 9.17) is 4.43 Å².